The molecule has 244 valence electrons. The molecule has 1 fully saturated rings. The first-order chi connectivity index (χ1) is 22.1. The molecule has 0 spiro atoms. The first-order valence-electron chi connectivity index (χ1n) is 15.3. The second kappa shape index (κ2) is 16.0. The molecule has 1 aliphatic carbocycles. The number of halogens is 3. The summed E-state index contributed by atoms with van der Waals surface area (Å²) >= 11 is 0. The number of nitrogens with zero attached hydrogens (tertiary/aromatic N) is 1. The van der Waals surface area contributed by atoms with Crippen LogP contribution in [0.1, 0.15) is 69.4 Å². The molecule has 1 atom stereocenters. The van der Waals surface area contributed by atoms with Crippen LogP contribution in [0.15, 0.2) is 79.0 Å². The van der Waals surface area contributed by atoms with Crippen molar-refractivity contribution in [2.45, 2.75) is 75.5 Å². The monoisotopic (exact) mass is 638 g/mol. The molecule has 0 saturated heterocycles. The van der Waals surface area contributed by atoms with E-state index in [1.165, 1.54) is 0 Å². The van der Waals surface area contributed by atoms with Crippen LogP contribution < -0.4 is 16.0 Å². The van der Waals surface area contributed by atoms with Gasteiger partial charge in [0.05, 0.1) is 12.5 Å². The summed E-state index contributed by atoms with van der Waals surface area (Å²) in [6, 6.07) is 20.6. The molecule has 1 aliphatic rings. The van der Waals surface area contributed by atoms with Gasteiger partial charge in [-0.3, -0.25) is 14.4 Å². The number of ether oxygens (including phenoxy) is 1. The molecule has 3 aromatic rings. The van der Waals surface area contributed by atoms with E-state index in [1.54, 1.807) is 30.5 Å². The Morgan fingerprint density at radius 2 is 1.52 bits per heavy atom. The zero-order valence-corrected chi connectivity index (χ0v) is 25.3. The highest BCUT2D eigenvalue weighted by molar-refractivity contribution is 5.93. The van der Waals surface area contributed by atoms with Crippen molar-refractivity contribution in [2.75, 3.05) is 11.9 Å². The Labute approximate surface area is 265 Å². The SMILES string of the molecule is O=C(CCCCNc1ccccn1)NC1(C(=O)NC(CC(=O)OC(=O)C(F)(F)F)c2ccc(-c3ccccc3)cc2)CCCCC1. The third-order valence-electron chi connectivity index (χ3n) is 7.86. The molecule has 12 heteroatoms. The molecule has 3 N–H and O–H groups in total. The second-order valence-electron chi connectivity index (χ2n) is 11.3. The van der Waals surface area contributed by atoms with Crippen molar-refractivity contribution in [3.8, 4) is 11.1 Å². The lowest BCUT2D eigenvalue weighted by atomic mass is 9.80. The first-order valence-corrected chi connectivity index (χ1v) is 15.3. The van der Waals surface area contributed by atoms with Crippen LogP contribution in [-0.4, -0.2) is 47.0 Å². The predicted octanol–water partition coefficient (Wildman–Crippen LogP) is 6.03. The summed E-state index contributed by atoms with van der Waals surface area (Å²) in [5.74, 6) is -4.19. The van der Waals surface area contributed by atoms with Gasteiger partial charge >= 0.3 is 18.1 Å². The van der Waals surface area contributed by atoms with E-state index >= 15 is 0 Å². The number of nitrogens with one attached hydrogen (secondary N) is 3. The maximum absolute atomic E-state index is 13.9. The molecule has 0 bridgehead atoms. The lowest BCUT2D eigenvalue weighted by molar-refractivity contribution is -0.202. The highest BCUT2D eigenvalue weighted by Crippen LogP contribution is 2.31. The summed E-state index contributed by atoms with van der Waals surface area (Å²) in [7, 11) is 0. The summed E-state index contributed by atoms with van der Waals surface area (Å²) in [6.45, 7) is 0.619. The van der Waals surface area contributed by atoms with Crippen molar-refractivity contribution in [2.24, 2.45) is 0 Å². The minimum atomic E-state index is -5.35. The van der Waals surface area contributed by atoms with E-state index in [1.807, 2.05) is 48.5 Å². The average Bonchev–Trinajstić information content (AvgIpc) is 3.05. The minimum Gasteiger partial charge on any atom is -0.386 e. The number of hydrogen-bond acceptors (Lipinski definition) is 7. The third kappa shape index (κ3) is 9.88. The van der Waals surface area contributed by atoms with Crippen molar-refractivity contribution in [3.63, 3.8) is 0 Å². The summed E-state index contributed by atoms with van der Waals surface area (Å²) in [5, 5.41) is 8.90. The smallest absolute Gasteiger partial charge is 0.386 e. The molecule has 9 nitrogen and oxygen atoms in total. The van der Waals surface area contributed by atoms with Crippen LogP contribution in [0.2, 0.25) is 0 Å². The van der Waals surface area contributed by atoms with Crippen LogP contribution in [0.5, 0.6) is 0 Å². The fraction of sp³-hybridized carbons (Fsp3) is 0.382. The van der Waals surface area contributed by atoms with Crippen LogP contribution in [0.3, 0.4) is 0 Å². The topological polar surface area (TPSA) is 126 Å². The molecule has 0 radical (unpaired) electrons. The Bertz CT molecular complexity index is 1460. The first kappa shape index (κ1) is 34.1. The van der Waals surface area contributed by atoms with Crippen molar-refractivity contribution in [1.82, 2.24) is 15.6 Å². The minimum absolute atomic E-state index is 0.190. The highest BCUT2D eigenvalue weighted by Gasteiger charge is 2.44. The van der Waals surface area contributed by atoms with E-state index in [4.69, 9.17) is 0 Å². The fourth-order valence-corrected chi connectivity index (χ4v) is 5.44. The van der Waals surface area contributed by atoms with Crippen molar-refractivity contribution >= 4 is 29.6 Å². The number of pyridine rings is 1. The molecule has 1 unspecified atom stereocenters. The van der Waals surface area contributed by atoms with Crippen LogP contribution in [0.25, 0.3) is 11.1 Å². The summed E-state index contributed by atoms with van der Waals surface area (Å²) in [6.07, 6.45) is 0.0187. The number of amides is 2. The quantitative estimate of drug-likeness (QED) is 0.119. The third-order valence-corrected chi connectivity index (χ3v) is 7.86. The summed E-state index contributed by atoms with van der Waals surface area (Å²) in [5.41, 5.74) is 0.925. The average molecular weight is 639 g/mol. The van der Waals surface area contributed by atoms with Crippen LogP contribution in [-0.2, 0) is 23.9 Å². The number of alkyl halides is 3. The lowest BCUT2D eigenvalue weighted by Gasteiger charge is -2.38. The number of hydrogen-bond donors (Lipinski definition) is 3. The van der Waals surface area contributed by atoms with Crippen LogP contribution >= 0.6 is 0 Å². The number of benzene rings is 2. The van der Waals surface area contributed by atoms with Gasteiger partial charge in [0.2, 0.25) is 11.8 Å². The van der Waals surface area contributed by atoms with E-state index < -0.39 is 42.0 Å². The van der Waals surface area contributed by atoms with E-state index in [2.05, 4.69) is 25.7 Å². The number of anilines is 1. The summed E-state index contributed by atoms with van der Waals surface area (Å²) in [4.78, 5) is 54.9. The fourth-order valence-electron chi connectivity index (χ4n) is 5.44. The zero-order chi connectivity index (χ0) is 33.0. The number of unbranched alkanes of at least 4 members (excludes halogenated alkanes) is 1. The van der Waals surface area contributed by atoms with E-state index in [0.29, 0.717) is 50.6 Å². The van der Waals surface area contributed by atoms with Crippen molar-refractivity contribution in [3.05, 3.63) is 84.6 Å². The number of carbonyl (C=O) groups excluding carboxylic acids is 4. The molecule has 4 rings (SSSR count). The lowest BCUT2D eigenvalue weighted by Crippen LogP contribution is -2.60. The van der Waals surface area contributed by atoms with Crippen LogP contribution in [0, 0.1) is 0 Å². The van der Waals surface area contributed by atoms with Gasteiger partial charge in [0.15, 0.2) is 0 Å². The van der Waals surface area contributed by atoms with Gasteiger partial charge in [-0.25, -0.2) is 9.78 Å². The van der Waals surface area contributed by atoms with Crippen molar-refractivity contribution < 1.29 is 37.1 Å². The normalized spacial score (nSPS) is 14.8. The Morgan fingerprint density at radius 3 is 2.17 bits per heavy atom. The zero-order valence-electron chi connectivity index (χ0n) is 25.3. The van der Waals surface area contributed by atoms with Gasteiger partial charge < -0.3 is 20.7 Å². The Kier molecular flexibility index (Phi) is 11.9. The van der Waals surface area contributed by atoms with E-state index in [-0.39, 0.29) is 12.3 Å². The largest absolute Gasteiger partial charge is 0.491 e. The van der Waals surface area contributed by atoms with Gasteiger partial charge in [-0.1, -0.05) is 79.9 Å². The Morgan fingerprint density at radius 1 is 0.848 bits per heavy atom. The van der Waals surface area contributed by atoms with Gasteiger partial charge in [-0.05, 0) is 54.5 Å². The summed E-state index contributed by atoms with van der Waals surface area (Å²) < 4.78 is 42.3. The molecule has 2 amide bonds. The molecule has 46 heavy (non-hydrogen) atoms. The molecular weight excluding hydrogens is 601 g/mol. The maximum atomic E-state index is 13.9. The Hall–Kier alpha value is -4.74. The highest BCUT2D eigenvalue weighted by atomic mass is 19.4. The molecular formula is C34H37F3N4O5. The number of aromatic nitrogens is 1. The van der Waals surface area contributed by atoms with Gasteiger partial charge in [-0.15, -0.1) is 0 Å². The van der Waals surface area contributed by atoms with E-state index in [9.17, 15) is 32.3 Å². The van der Waals surface area contributed by atoms with Gasteiger partial charge in [0.25, 0.3) is 0 Å². The molecule has 1 aromatic heterocycles. The van der Waals surface area contributed by atoms with E-state index in [0.717, 1.165) is 23.4 Å². The second-order valence-corrected chi connectivity index (χ2v) is 11.3. The number of carbonyl (C=O) groups is 4. The molecule has 1 saturated carbocycles. The van der Waals surface area contributed by atoms with Gasteiger partial charge in [0, 0.05) is 19.2 Å². The predicted molar refractivity (Wildman–Crippen MR) is 165 cm³/mol. The van der Waals surface area contributed by atoms with Crippen molar-refractivity contribution in [1.29, 1.82) is 0 Å². The van der Waals surface area contributed by atoms with Gasteiger partial charge in [-0.2, -0.15) is 13.2 Å². The Balaban J connectivity index is 1.45. The standard InChI is InChI=1S/C34H37F3N4O5/c35-34(36,37)32(45)46-30(43)23-27(26-17-15-25(16-18-26)24-11-3-1-4-12-24)40-31(44)33(19-7-2-8-20-33)41-29(42)14-6-10-22-39-28-13-5-9-21-38-28/h1,3-5,9,11-13,15-18,21,27H,2,6-8,10,14,19-20,22-23H2,(H,38,39)(H,40,44)(H,41,42). The maximum Gasteiger partial charge on any atom is 0.491 e. The number of esters is 2. The molecule has 1 heterocycles. The van der Waals surface area contributed by atoms with Gasteiger partial charge in [0.1, 0.15) is 11.4 Å². The number of rotatable bonds is 13. The van der Waals surface area contributed by atoms with Crippen LogP contribution in [0.4, 0.5) is 19.0 Å². The molecule has 2 aromatic carbocycles. The molecule has 0 aliphatic heterocycles.